The molecule has 2 atom stereocenters. The fourth-order valence-electron chi connectivity index (χ4n) is 4.07. The van der Waals surface area contributed by atoms with Crippen LogP contribution in [0.2, 0.25) is 0 Å². The number of carbonyl (C=O) groups excluding carboxylic acids is 1. The summed E-state index contributed by atoms with van der Waals surface area (Å²) in [5.74, 6) is 2.13. The van der Waals surface area contributed by atoms with E-state index < -0.39 is 0 Å². The zero-order valence-corrected chi connectivity index (χ0v) is 18.6. The Morgan fingerprint density at radius 3 is 2.84 bits per heavy atom. The van der Waals surface area contributed by atoms with Crippen LogP contribution in [0.15, 0.2) is 66.3 Å². The molecule has 1 aromatic heterocycles. The molecule has 2 aromatic carbocycles. The number of para-hydroxylation sites is 3. The maximum atomic E-state index is 13.2. The number of anilines is 1. The van der Waals surface area contributed by atoms with Gasteiger partial charge in [-0.2, -0.15) is 0 Å². The molecule has 0 saturated heterocycles. The molecule has 0 N–H and O–H groups in total. The molecule has 8 heteroatoms. The second-order valence-corrected chi connectivity index (χ2v) is 9.04. The van der Waals surface area contributed by atoms with Crippen LogP contribution in [0.25, 0.3) is 0 Å². The van der Waals surface area contributed by atoms with E-state index in [0.29, 0.717) is 36.4 Å². The number of fused-ring (bicyclic) bond motifs is 2. The largest absolute Gasteiger partial charge is 0.485 e. The van der Waals surface area contributed by atoms with Crippen molar-refractivity contribution in [2.24, 2.45) is 0 Å². The first-order valence-electron chi connectivity index (χ1n) is 10.6. The van der Waals surface area contributed by atoms with E-state index >= 15 is 0 Å². The number of nitrogens with zero attached hydrogens (tertiary/aromatic N) is 4. The van der Waals surface area contributed by atoms with Gasteiger partial charge in [0.15, 0.2) is 28.6 Å². The molecule has 2 aliphatic rings. The molecule has 0 aliphatic carbocycles. The van der Waals surface area contributed by atoms with Gasteiger partial charge in [-0.05, 0) is 37.1 Å². The number of rotatable bonds is 6. The zero-order chi connectivity index (χ0) is 22.1. The number of hydrogen-bond donors (Lipinski definition) is 0. The van der Waals surface area contributed by atoms with E-state index in [1.807, 2.05) is 58.9 Å². The molecule has 0 fully saturated rings. The van der Waals surface area contributed by atoms with E-state index in [0.717, 1.165) is 17.9 Å². The molecule has 2 unspecified atom stereocenters. The van der Waals surface area contributed by atoms with Gasteiger partial charge in [0.1, 0.15) is 6.61 Å². The van der Waals surface area contributed by atoms with Crippen LogP contribution in [-0.4, -0.2) is 39.1 Å². The highest BCUT2D eigenvalue weighted by atomic mass is 32.2. The Labute approximate surface area is 191 Å². The summed E-state index contributed by atoms with van der Waals surface area (Å²) in [6.45, 7) is 7.35. The summed E-state index contributed by atoms with van der Waals surface area (Å²) in [6, 6.07) is 15.6. The van der Waals surface area contributed by atoms with Crippen molar-refractivity contribution in [3.63, 3.8) is 0 Å². The summed E-state index contributed by atoms with van der Waals surface area (Å²) in [6.07, 6.45) is 2.29. The smallest absolute Gasteiger partial charge is 0.240 e. The Bertz CT molecular complexity index is 1160. The van der Waals surface area contributed by atoms with Gasteiger partial charge in [-0.25, -0.2) is 0 Å². The predicted molar refractivity (Wildman–Crippen MR) is 123 cm³/mol. The molecule has 3 heterocycles. The highest BCUT2D eigenvalue weighted by Crippen LogP contribution is 2.37. The Balaban J connectivity index is 1.35. The Kier molecular flexibility index (Phi) is 5.61. The number of aromatic nitrogens is 3. The summed E-state index contributed by atoms with van der Waals surface area (Å²) in [4.78, 5) is 15.1. The minimum absolute atomic E-state index is 0.0702. The summed E-state index contributed by atoms with van der Waals surface area (Å²) < 4.78 is 13.9. The highest BCUT2D eigenvalue weighted by Gasteiger charge is 2.32. The van der Waals surface area contributed by atoms with E-state index in [-0.39, 0.29) is 17.3 Å². The van der Waals surface area contributed by atoms with Crippen molar-refractivity contribution in [2.75, 3.05) is 18.1 Å². The van der Waals surface area contributed by atoms with Crippen LogP contribution < -0.4 is 14.4 Å². The van der Waals surface area contributed by atoms with E-state index in [1.165, 1.54) is 17.3 Å². The van der Waals surface area contributed by atoms with Crippen LogP contribution in [0, 0.1) is 0 Å². The number of amides is 1. The maximum Gasteiger partial charge on any atom is 0.240 e. The van der Waals surface area contributed by atoms with Crippen molar-refractivity contribution in [2.45, 2.75) is 36.4 Å². The number of ether oxygens (including phenoxy) is 2. The molecule has 2 aliphatic heterocycles. The number of allylic oxidation sites excluding steroid dienone is 1. The summed E-state index contributed by atoms with van der Waals surface area (Å²) in [5, 5.41) is 9.12. The molecule has 5 rings (SSSR count). The number of carbonyl (C=O) groups is 1. The van der Waals surface area contributed by atoms with E-state index in [4.69, 9.17) is 9.47 Å². The average molecular weight is 449 g/mol. The first-order chi connectivity index (χ1) is 15.7. The maximum absolute atomic E-state index is 13.2. The van der Waals surface area contributed by atoms with Crippen molar-refractivity contribution < 1.29 is 14.3 Å². The van der Waals surface area contributed by atoms with Gasteiger partial charge in [-0.1, -0.05) is 48.2 Å². The Hall–Kier alpha value is -3.26. The standard InChI is InChI=1S/C24H24N4O3S/c1-3-13-28-22(21-15-30-19-10-6-7-11-20(19)31-21)25-26-24(28)32-16(2)23(29)27-14-12-17-8-4-5-9-18(17)27/h3-11,16,21H,1,12-15H2,2H3. The fraction of sp³-hybridized carbons (Fsp3) is 0.292. The third-order valence-corrected chi connectivity index (χ3v) is 6.70. The topological polar surface area (TPSA) is 69.5 Å². The predicted octanol–water partition coefficient (Wildman–Crippen LogP) is 4.05. The molecular formula is C24H24N4O3S. The van der Waals surface area contributed by atoms with Crippen LogP contribution in [0.1, 0.15) is 24.4 Å². The third kappa shape index (κ3) is 3.75. The average Bonchev–Trinajstić information content (AvgIpc) is 3.43. The third-order valence-electron chi connectivity index (χ3n) is 5.64. The van der Waals surface area contributed by atoms with Gasteiger partial charge >= 0.3 is 0 Å². The molecule has 3 aromatic rings. The Morgan fingerprint density at radius 1 is 1.22 bits per heavy atom. The number of hydrogen-bond acceptors (Lipinski definition) is 6. The van der Waals surface area contributed by atoms with Gasteiger partial charge < -0.3 is 14.4 Å². The fourth-order valence-corrected chi connectivity index (χ4v) is 5.00. The van der Waals surface area contributed by atoms with Gasteiger partial charge in [0.05, 0.1) is 5.25 Å². The lowest BCUT2D eigenvalue weighted by Crippen LogP contribution is -2.35. The van der Waals surface area contributed by atoms with Crippen LogP contribution in [-0.2, 0) is 17.8 Å². The minimum atomic E-state index is -0.386. The van der Waals surface area contributed by atoms with E-state index in [9.17, 15) is 4.79 Å². The summed E-state index contributed by atoms with van der Waals surface area (Å²) in [5.41, 5.74) is 2.22. The molecule has 0 saturated carbocycles. The van der Waals surface area contributed by atoms with Gasteiger partial charge in [0.25, 0.3) is 0 Å². The SMILES string of the molecule is C=CCn1c(SC(C)C(=O)N2CCc3ccccc32)nnc1C1COc2ccccc2O1. The lowest BCUT2D eigenvalue weighted by atomic mass is 10.2. The lowest BCUT2D eigenvalue weighted by Gasteiger charge is -2.26. The van der Waals surface area contributed by atoms with Crippen molar-refractivity contribution in [1.82, 2.24) is 14.8 Å². The first kappa shape index (κ1) is 20.6. The molecule has 164 valence electrons. The van der Waals surface area contributed by atoms with Crippen LogP contribution in [0.3, 0.4) is 0 Å². The van der Waals surface area contributed by atoms with Crippen LogP contribution in [0.4, 0.5) is 5.69 Å². The summed E-state index contributed by atoms with van der Waals surface area (Å²) in [7, 11) is 0. The lowest BCUT2D eigenvalue weighted by molar-refractivity contribution is -0.117. The van der Waals surface area contributed by atoms with Crippen LogP contribution >= 0.6 is 11.8 Å². The molecule has 7 nitrogen and oxygen atoms in total. The van der Waals surface area contributed by atoms with Crippen molar-refractivity contribution in [3.8, 4) is 11.5 Å². The normalized spacial score (nSPS) is 17.7. The second kappa shape index (κ2) is 8.70. The summed E-state index contributed by atoms with van der Waals surface area (Å²) >= 11 is 1.40. The zero-order valence-electron chi connectivity index (χ0n) is 17.8. The quantitative estimate of drug-likeness (QED) is 0.419. The van der Waals surface area contributed by atoms with E-state index in [2.05, 4.69) is 22.8 Å². The molecule has 1 amide bonds. The van der Waals surface area contributed by atoms with Crippen molar-refractivity contribution in [3.05, 3.63) is 72.6 Å². The molecule has 0 spiro atoms. The monoisotopic (exact) mass is 448 g/mol. The van der Waals surface area contributed by atoms with Crippen molar-refractivity contribution >= 4 is 23.4 Å². The van der Waals surface area contributed by atoms with E-state index in [1.54, 1.807) is 6.08 Å². The van der Waals surface area contributed by atoms with Crippen LogP contribution in [0.5, 0.6) is 11.5 Å². The minimum Gasteiger partial charge on any atom is -0.485 e. The molecule has 0 radical (unpaired) electrons. The van der Waals surface area contributed by atoms with Gasteiger partial charge in [-0.3, -0.25) is 9.36 Å². The Morgan fingerprint density at radius 2 is 2.00 bits per heavy atom. The first-order valence-corrected chi connectivity index (χ1v) is 11.5. The van der Waals surface area contributed by atoms with Gasteiger partial charge in [-0.15, -0.1) is 16.8 Å². The van der Waals surface area contributed by atoms with Crippen molar-refractivity contribution in [1.29, 1.82) is 0 Å². The number of benzene rings is 2. The molecular weight excluding hydrogens is 424 g/mol. The molecule has 0 bridgehead atoms. The molecule has 32 heavy (non-hydrogen) atoms. The van der Waals surface area contributed by atoms with Gasteiger partial charge in [0.2, 0.25) is 5.91 Å². The van der Waals surface area contributed by atoms with Gasteiger partial charge in [0, 0.05) is 18.8 Å². The second-order valence-electron chi connectivity index (χ2n) is 7.73. The number of thioether (sulfide) groups is 1. The highest BCUT2D eigenvalue weighted by molar-refractivity contribution is 8.00.